The zero-order chi connectivity index (χ0) is 24.5. The molecule has 2 heterocycles. The molecule has 2 fully saturated rings. The van der Waals surface area contributed by atoms with E-state index in [1.165, 1.54) is 12.7 Å². The molecule has 1 aliphatic carbocycles. The Morgan fingerprint density at radius 3 is 2.31 bits per heavy atom. The van der Waals surface area contributed by atoms with Crippen LogP contribution in [-0.2, 0) is 16.0 Å². The lowest BCUT2D eigenvalue weighted by Crippen LogP contribution is -2.51. The number of carbonyl (C=O) groups is 3. The number of hydrogen-bond donors (Lipinski definition) is 1. The average Bonchev–Trinajstić information content (AvgIpc) is 3.69. The predicted molar refractivity (Wildman–Crippen MR) is 131 cm³/mol. The summed E-state index contributed by atoms with van der Waals surface area (Å²) in [4.78, 5) is 46.5. The van der Waals surface area contributed by atoms with Crippen molar-refractivity contribution in [1.82, 2.24) is 14.8 Å². The van der Waals surface area contributed by atoms with Crippen LogP contribution in [0.15, 0.2) is 54.6 Å². The van der Waals surface area contributed by atoms with E-state index in [0.29, 0.717) is 54.4 Å². The molecule has 180 valence electrons. The standard InChI is InChI=1S/C27H28N4O4/c1-35-25-18-9-5-6-10-21(18)29-22(24(25)26(28)33)16-23(32)30-11-13-31(14-12-30)27(34)20-15-19(20)17-7-3-2-4-8-17/h2-10,19-20H,11-16H2,1H3,(H2,28,33). The van der Waals surface area contributed by atoms with Gasteiger partial charge >= 0.3 is 0 Å². The molecule has 0 radical (unpaired) electrons. The van der Waals surface area contributed by atoms with Crippen molar-refractivity contribution < 1.29 is 19.1 Å². The first-order valence-electron chi connectivity index (χ1n) is 11.8. The minimum Gasteiger partial charge on any atom is -0.495 e. The number of primary amides is 1. The second-order valence-electron chi connectivity index (χ2n) is 9.09. The molecule has 2 unspecified atom stereocenters. The normalized spacial score (nSPS) is 19.5. The summed E-state index contributed by atoms with van der Waals surface area (Å²) >= 11 is 0. The molecule has 0 bridgehead atoms. The van der Waals surface area contributed by atoms with E-state index in [1.807, 2.05) is 41.3 Å². The van der Waals surface area contributed by atoms with E-state index in [-0.39, 0.29) is 29.7 Å². The van der Waals surface area contributed by atoms with Gasteiger partial charge < -0.3 is 20.3 Å². The number of nitrogens with zero attached hydrogens (tertiary/aromatic N) is 3. The molecule has 1 saturated heterocycles. The number of hydrogen-bond acceptors (Lipinski definition) is 5. The van der Waals surface area contributed by atoms with Crippen molar-refractivity contribution >= 4 is 28.6 Å². The Hall–Kier alpha value is -3.94. The van der Waals surface area contributed by atoms with Gasteiger partial charge in [-0.3, -0.25) is 19.4 Å². The highest BCUT2D eigenvalue weighted by Gasteiger charge is 2.46. The van der Waals surface area contributed by atoms with Crippen molar-refractivity contribution in [1.29, 1.82) is 0 Å². The number of amides is 3. The van der Waals surface area contributed by atoms with Gasteiger partial charge in [0.2, 0.25) is 11.8 Å². The van der Waals surface area contributed by atoms with Crippen LogP contribution in [0, 0.1) is 5.92 Å². The minimum absolute atomic E-state index is 0.0343. The molecule has 8 nitrogen and oxygen atoms in total. The van der Waals surface area contributed by atoms with Crippen LogP contribution >= 0.6 is 0 Å². The first-order valence-corrected chi connectivity index (χ1v) is 11.8. The molecule has 3 aromatic rings. The summed E-state index contributed by atoms with van der Waals surface area (Å²) in [5.41, 5.74) is 7.93. The Bertz CT molecular complexity index is 1290. The van der Waals surface area contributed by atoms with E-state index < -0.39 is 5.91 Å². The summed E-state index contributed by atoms with van der Waals surface area (Å²) in [7, 11) is 1.47. The van der Waals surface area contributed by atoms with E-state index in [4.69, 9.17) is 10.5 Å². The second kappa shape index (κ2) is 9.37. The third kappa shape index (κ3) is 4.43. The van der Waals surface area contributed by atoms with Crippen molar-refractivity contribution in [3.8, 4) is 5.75 Å². The van der Waals surface area contributed by atoms with Gasteiger partial charge in [0.05, 0.1) is 24.7 Å². The van der Waals surface area contributed by atoms with Gasteiger partial charge in [-0.05, 0) is 30.0 Å². The van der Waals surface area contributed by atoms with Gasteiger partial charge in [0.15, 0.2) is 0 Å². The maximum atomic E-state index is 13.1. The summed E-state index contributed by atoms with van der Waals surface area (Å²) in [5.74, 6) is -0.00746. The Morgan fingerprint density at radius 2 is 1.63 bits per heavy atom. The number of fused-ring (bicyclic) bond motifs is 1. The largest absolute Gasteiger partial charge is 0.495 e. The molecular formula is C27H28N4O4. The fraction of sp³-hybridized carbons (Fsp3) is 0.333. The van der Waals surface area contributed by atoms with E-state index in [2.05, 4.69) is 17.1 Å². The van der Waals surface area contributed by atoms with Crippen molar-refractivity contribution in [2.75, 3.05) is 33.3 Å². The smallest absolute Gasteiger partial charge is 0.254 e. The van der Waals surface area contributed by atoms with Crippen LogP contribution < -0.4 is 10.5 Å². The monoisotopic (exact) mass is 472 g/mol. The van der Waals surface area contributed by atoms with Crippen LogP contribution in [0.4, 0.5) is 0 Å². The molecule has 5 rings (SSSR count). The highest BCUT2D eigenvalue weighted by atomic mass is 16.5. The van der Waals surface area contributed by atoms with Crippen molar-refractivity contribution in [2.45, 2.75) is 18.8 Å². The summed E-state index contributed by atoms with van der Waals surface area (Å²) in [6.07, 6.45) is 0.819. The Kier molecular flexibility index (Phi) is 6.11. The number of methoxy groups -OCH3 is 1. The number of ether oxygens (including phenoxy) is 1. The summed E-state index contributed by atoms with van der Waals surface area (Å²) < 4.78 is 5.49. The first kappa shape index (κ1) is 22.8. The van der Waals surface area contributed by atoms with Crippen LogP contribution in [0.2, 0.25) is 0 Å². The zero-order valence-corrected chi connectivity index (χ0v) is 19.6. The van der Waals surface area contributed by atoms with Crippen LogP contribution in [-0.4, -0.2) is 65.8 Å². The Morgan fingerprint density at radius 1 is 0.971 bits per heavy atom. The van der Waals surface area contributed by atoms with Crippen LogP contribution in [0.5, 0.6) is 5.75 Å². The van der Waals surface area contributed by atoms with Crippen LogP contribution in [0.3, 0.4) is 0 Å². The quantitative estimate of drug-likeness (QED) is 0.593. The Labute approximate surface area is 203 Å². The van der Waals surface area contributed by atoms with E-state index >= 15 is 0 Å². The average molecular weight is 473 g/mol. The van der Waals surface area contributed by atoms with Gasteiger partial charge in [0.1, 0.15) is 11.3 Å². The highest BCUT2D eigenvalue weighted by molar-refractivity contribution is 6.03. The fourth-order valence-corrected chi connectivity index (χ4v) is 5.03. The van der Waals surface area contributed by atoms with Gasteiger partial charge in [-0.15, -0.1) is 0 Å². The lowest BCUT2D eigenvalue weighted by Gasteiger charge is -2.35. The molecule has 3 amide bonds. The second-order valence-corrected chi connectivity index (χ2v) is 9.09. The van der Waals surface area contributed by atoms with Gasteiger partial charge in [-0.25, -0.2) is 0 Å². The van der Waals surface area contributed by atoms with Gasteiger partial charge in [0.25, 0.3) is 5.91 Å². The molecule has 1 aliphatic heterocycles. The third-order valence-electron chi connectivity index (χ3n) is 6.97. The maximum absolute atomic E-state index is 13.1. The van der Waals surface area contributed by atoms with E-state index in [9.17, 15) is 14.4 Å². The molecule has 8 heteroatoms. The molecule has 35 heavy (non-hydrogen) atoms. The zero-order valence-electron chi connectivity index (χ0n) is 19.6. The van der Waals surface area contributed by atoms with Crippen molar-refractivity contribution in [2.24, 2.45) is 11.7 Å². The molecule has 2 atom stereocenters. The topological polar surface area (TPSA) is 106 Å². The lowest BCUT2D eigenvalue weighted by atomic mass is 10.0. The molecule has 2 aliphatic rings. The highest BCUT2D eigenvalue weighted by Crippen LogP contribution is 2.48. The number of pyridine rings is 1. The molecular weight excluding hydrogens is 444 g/mol. The minimum atomic E-state index is -0.685. The predicted octanol–water partition coefficient (Wildman–Crippen LogP) is 2.36. The number of aromatic nitrogens is 1. The number of carbonyl (C=O) groups excluding carboxylic acids is 3. The third-order valence-corrected chi connectivity index (χ3v) is 6.97. The molecule has 1 saturated carbocycles. The molecule has 1 aromatic heterocycles. The summed E-state index contributed by atoms with van der Waals surface area (Å²) in [5, 5.41) is 0.668. The number of nitrogens with two attached hydrogens (primary N) is 1. The first-order chi connectivity index (χ1) is 17.0. The van der Waals surface area contributed by atoms with Gasteiger partial charge in [-0.1, -0.05) is 42.5 Å². The van der Waals surface area contributed by atoms with Gasteiger partial charge in [0, 0.05) is 37.5 Å². The van der Waals surface area contributed by atoms with Crippen LogP contribution in [0.25, 0.3) is 10.9 Å². The summed E-state index contributed by atoms with van der Waals surface area (Å²) in [6.45, 7) is 1.90. The van der Waals surface area contributed by atoms with Crippen molar-refractivity contribution in [3.63, 3.8) is 0 Å². The number of rotatable bonds is 6. The van der Waals surface area contributed by atoms with E-state index in [1.54, 1.807) is 11.0 Å². The number of piperazine rings is 1. The molecule has 2 aromatic carbocycles. The SMILES string of the molecule is COc1c(C(N)=O)c(CC(=O)N2CCN(C(=O)C3CC3c3ccccc3)CC2)nc2ccccc12. The fourth-order valence-electron chi connectivity index (χ4n) is 5.03. The van der Waals surface area contributed by atoms with Crippen LogP contribution in [0.1, 0.15) is 34.0 Å². The lowest BCUT2D eigenvalue weighted by molar-refractivity contribution is -0.140. The maximum Gasteiger partial charge on any atom is 0.254 e. The number of para-hydroxylation sites is 1. The van der Waals surface area contributed by atoms with Gasteiger partial charge in [-0.2, -0.15) is 0 Å². The number of benzene rings is 2. The van der Waals surface area contributed by atoms with E-state index in [0.717, 1.165) is 6.42 Å². The molecule has 0 spiro atoms. The molecule has 2 N–H and O–H groups in total. The Balaban J connectivity index is 1.25. The summed E-state index contributed by atoms with van der Waals surface area (Å²) in [6, 6.07) is 17.4. The van der Waals surface area contributed by atoms with Crippen molar-refractivity contribution in [3.05, 3.63) is 71.4 Å².